The molecule has 0 saturated heterocycles. The van der Waals surface area contributed by atoms with Crippen molar-refractivity contribution in [3.05, 3.63) is 53.6 Å². The van der Waals surface area contributed by atoms with E-state index in [1.54, 1.807) is 12.5 Å². The van der Waals surface area contributed by atoms with Crippen LogP contribution in [0.25, 0.3) is 0 Å². The van der Waals surface area contributed by atoms with Crippen molar-refractivity contribution in [3.8, 4) is 0 Å². The Morgan fingerprint density at radius 2 is 2.14 bits per heavy atom. The van der Waals surface area contributed by atoms with E-state index in [4.69, 9.17) is 0 Å². The summed E-state index contributed by atoms with van der Waals surface area (Å²) in [4.78, 5) is 16.3. The molecule has 4 heteroatoms. The Morgan fingerprint density at radius 3 is 2.90 bits per heavy atom. The molecule has 110 valence electrons. The highest BCUT2D eigenvalue weighted by atomic mass is 16.1. The Balaban J connectivity index is 1.64. The highest BCUT2D eigenvalue weighted by Crippen LogP contribution is 2.22. The summed E-state index contributed by atoms with van der Waals surface area (Å²) in [5.41, 5.74) is 3.52. The zero-order chi connectivity index (χ0) is 14.7. The first-order valence-electron chi connectivity index (χ1n) is 7.61. The van der Waals surface area contributed by atoms with Gasteiger partial charge in [-0.15, -0.1) is 0 Å². The van der Waals surface area contributed by atoms with E-state index in [-0.39, 0.29) is 11.9 Å². The second-order valence-electron chi connectivity index (χ2n) is 5.82. The molecule has 0 radical (unpaired) electrons. The Labute approximate surface area is 125 Å². The molecule has 2 aromatic rings. The summed E-state index contributed by atoms with van der Waals surface area (Å²) >= 11 is 0. The molecule has 0 bridgehead atoms. The van der Waals surface area contributed by atoms with E-state index < -0.39 is 0 Å². The van der Waals surface area contributed by atoms with Crippen LogP contribution in [0.3, 0.4) is 0 Å². The minimum atomic E-state index is 0.0102. The van der Waals surface area contributed by atoms with Crippen LogP contribution in [0.5, 0.6) is 0 Å². The van der Waals surface area contributed by atoms with Gasteiger partial charge in [-0.05, 0) is 55.9 Å². The van der Waals surface area contributed by atoms with Gasteiger partial charge in [-0.25, -0.2) is 4.98 Å². The molecule has 0 aliphatic heterocycles. The molecule has 0 saturated carbocycles. The number of nitrogens with zero attached hydrogens (tertiary/aromatic N) is 2. The summed E-state index contributed by atoms with van der Waals surface area (Å²) in [6.45, 7) is 2.74. The van der Waals surface area contributed by atoms with Gasteiger partial charge in [-0.3, -0.25) is 4.79 Å². The number of fused-ring (bicyclic) bond motifs is 1. The van der Waals surface area contributed by atoms with Gasteiger partial charge >= 0.3 is 0 Å². The smallest absolute Gasteiger partial charge is 0.251 e. The number of aryl methyl sites for hydroxylation is 2. The fourth-order valence-corrected chi connectivity index (χ4v) is 2.94. The van der Waals surface area contributed by atoms with Gasteiger partial charge in [0, 0.05) is 30.5 Å². The molecule has 1 N–H and O–H groups in total. The summed E-state index contributed by atoms with van der Waals surface area (Å²) < 4.78 is 1.97. The molecule has 1 amide bonds. The average Bonchev–Trinajstić information content (AvgIpc) is 2.99. The largest absolute Gasteiger partial charge is 0.348 e. The lowest BCUT2D eigenvalue weighted by atomic mass is 9.90. The average molecular weight is 283 g/mol. The lowest BCUT2D eigenvalue weighted by Crippen LogP contribution is -2.35. The fourth-order valence-electron chi connectivity index (χ4n) is 2.94. The molecular formula is C17H21N3O. The van der Waals surface area contributed by atoms with Crippen molar-refractivity contribution in [2.45, 2.75) is 45.2 Å². The number of aromatic nitrogens is 2. The van der Waals surface area contributed by atoms with Crippen LogP contribution in [-0.2, 0) is 19.4 Å². The van der Waals surface area contributed by atoms with Gasteiger partial charge in [0.15, 0.2) is 0 Å². The molecule has 1 aliphatic carbocycles. The summed E-state index contributed by atoms with van der Waals surface area (Å²) in [5.74, 6) is 0.0102. The standard InChI is InChI=1S/C17H21N3O/c1-13(11-20-9-8-18-12-20)19-17(21)16-7-6-14-4-2-3-5-15(14)10-16/h6-10,12-13H,2-5,11H2,1H3,(H,19,21)/t13-/m1/s1. The van der Waals surface area contributed by atoms with Crippen molar-refractivity contribution >= 4 is 5.91 Å². The van der Waals surface area contributed by atoms with Crippen molar-refractivity contribution in [3.63, 3.8) is 0 Å². The Kier molecular flexibility index (Phi) is 4.04. The second-order valence-corrected chi connectivity index (χ2v) is 5.82. The molecule has 1 heterocycles. The van der Waals surface area contributed by atoms with E-state index in [1.807, 2.05) is 23.8 Å². The topological polar surface area (TPSA) is 46.9 Å². The lowest BCUT2D eigenvalue weighted by molar-refractivity contribution is 0.0936. The quantitative estimate of drug-likeness (QED) is 0.937. The molecule has 0 spiro atoms. The third kappa shape index (κ3) is 3.32. The van der Waals surface area contributed by atoms with Crippen LogP contribution in [0.4, 0.5) is 0 Å². The van der Waals surface area contributed by atoms with Crippen LogP contribution in [0.15, 0.2) is 36.9 Å². The number of imidazole rings is 1. The highest BCUT2D eigenvalue weighted by molar-refractivity contribution is 5.94. The van der Waals surface area contributed by atoms with E-state index in [0.717, 1.165) is 24.9 Å². The summed E-state index contributed by atoms with van der Waals surface area (Å²) in [5, 5.41) is 3.05. The van der Waals surface area contributed by atoms with Crippen LogP contribution >= 0.6 is 0 Å². The predicted octanol–water partition coefficient (Wildman–Crippen LogP) is 2.58. The predicted molar refractivity (Wildman–Crippen MR) is 82.2 cm³/mol. The maximum absolute atomic E-state index is 12.3. The summed E-state index contributed by atoms with van der Waals surface area (Å²) in [7, 11) is 0. The SMILES string of the molecule is C[C@H](Cn1ccnc1)NC(=O)c1ccc2c(c1)CCCC2. The molecule has 4 nitrogen and oxygen atoms in total. The lowest BCUT2D eigenvalue weighted by Gasteiger charge is -2.18. The molecule has 1 aliphatic rings. The van der Waals surface area contributed by atoms with Crippen molar-refractivity contribution in [1.82, 2.24) is 14.9 Å². The minimum absolute atomic E-state index is 0.0102. The van der Waals surface area contributed by atoms with Crippen molar-refractivity contribution in [2.75, 3.05) is 0 Å². The van der Waals surface area contributed by atoms with Gasteiger partial charge in [0.05, 0.1) is 6.33 Å². The first-order chi connectivity index (χ1) is 10.2. The zero-order valence-electron chi connectivity index (χ0n) is 12.4. The van der Waals surface area contributed by atoms with E-state index in [1.165, 1.54) is 24.0 Å². The van der Waals surface area contributed by atoms with Crippen LogP contribution < -0.4 is 5.32 Å². The van der Waals surface area contributed by atoms with E-state index in [0.29, 0.717) is 0 Å². The van der Waals surface area contributed by atoms with Crippen molar-refractivity contribution in [1.29, 1.82) is 0 Å². The number of amides is 1. The number of nitrogens with one attached hydrogen (secondary N) is 1. The third-order valence-corrected chi connectivity index (χ3v) is 4.03. The molecule has 1 atom stereocenters. The summed E-state index contributed by atoms with van der Waals surface area (Å²) in [6.07, 6.45) is 10.2. The molecule has 3 rings (SSSR count). The molecular weight excluding hydrogens is 262 g/mol. The number of hydrogen-bond acceptors (Lipinski definition) is 2. The minimum Gasteiger partial charge on any atom is -0.348 e. The third-order valence-electron chi connectivity index (χ3n) is 4.03. The van der Waals surface area contributed by atoms with Gasteiger partial charge in [0.25, 0.3) is 5.91 Å². The van der Waals surface area contributed by atoms with Gasteiger partial charge in [-0.1, -0.05) is 6.07 Å². The maximum atomic E-state index is 12.3. The Morgan fingerprint density at radius 1 is 1.33 bits per heavy atom. The Hall–Kier alpha value is -2.10. The van der Waals surface area contributed by atoms with E-state index >= 15 is 0 Å². The monoisotopic (exact) mass is 283 g/mol. The molecule has 21 heavy (non-hydrogen) atoms. The summed E-state index contributed by atoms with van der Waals surface area (Å²) in [6, 6.07) is 6.20. The van der Waals surface area contributed by atoms with Gasteiger partial charge in [-0.2, -0.15) is 0 Å². The van der Waals surface area contributed by atoms with Crippen LogP contribution in [0, 0.1) is 0 Å². The molecule has 0 unspecified atom stereocenters. The molecule has 0 fully saturated rings. The van der Waals surface area contributed by atoms with Gasteiger partial charge in [0.1, 0.15) is 0 Å². The van der Waals surface area contributed by atoms with E-state index in [2.05, 4.69) is 22.4 Å². The zero-order valence-corrected chi connectivity index (χ0v) is 12.4. The van der Waals surface area contributed by atoms with E-state index in [9.17, 15) is 4.79 Å². The number of benzene rings is 1. The number of carbonyl (C=O) groups is 1. The molecule has 1 aromatic heterocycles. The van der Waals surface area contributed by atoms with Gasteiger partial charge < -0.3 is 9.88 Å². The second kappa shape index (κ2) is 6.12. The normalized spacial score (nSPS) is 15.3. The first kappa shape index (κ1) is 13.9. The van der Waals surface area contributed by atoms with Crippen LogP contribution in [0.2, 0.25) is 0 Å². The fraction of sp³-hybridized carbons (Fsp3) is 0.412. The Bertz CT molecular complexity index is 619. The number of carbonyl (C=O) groups excluding carboxylic acids is 1. The van der Waals surface area contributed by atoms with Crippen molar-refractivity contribution in [2.24, 2.45) is 0 Å². The first-order valence-corrected chi connectivity index (χ1v) is 7.61. The maximum Gasteiger partial charge on any atom is 0.251 e. The van der Waals surface area contributed by atoms with Crippen molar-refractivity contribution < 1.29 is 4.79 Å². The van der Waals surface area contributed by atoms with Crippen LogP contribution in [-0.4, -0.2) is 21.5 Å². The highest BCUT2D eigenvalue weighted by Gasteiger charge is 2.14. The van der Waals surface area contributed by atoms with Gasteiger partial charge in [0.2, 0.25) is 0 Å². The number of hydrogen-bond donors (Lipinski definition) is 1. The molecule has 1 aromatic carbocycles. The van der Waals surface area contributed by atoms with Crippen LogP contribution in [0.1, 0.15) is 41.3 Å². The number of rotatable bonds is 4.